The average molecular weight is 835 g/mol. The molecule has 0 amide bonds. The van der Waals surface area contributed by atoms with Gasteiger partial charge in [-0.1, -0.05) is 122 Å². The molecule has 1 heterocycles. The number of carbonyl (C=O) groups is 1. The number of sulfonamides is 1. The number of rotatable bonds is 14. The molecule has 0 radical (unpaired) electrons. The predicted octanol–water partition coefficient (Wildman–Crippen LogP) is 9.99. The number of aromatic nitrogens is 1. The summed E-state index contributed by atoms with van der Waals surface area (Å²) in [5.74, 6) is -1.12. The topological polar surface area (TPSA) is 88.4 Å². The third-order valence-corrected chi connectivity index (χ3v) is 11.9. The highest BCUT2D eigenvalue weighted by atomic mass is 79.9. The van der Waals surface area contributed by atoms with Gasteiger partial charge in [0, 0.05) is 43.5 Å². The van der Waals surface area contributed by atoms with Crippen molar-refractivity contribution in [1.82, 2.24) is 9.29 Å². The predicted molar refractivity (Wildman–Crippen MR) is 209 cm³/mol. The summed E-state index contributed by atoms with van der Waals surface area (Å²) in [5, 5.41) is 11.0. The Kier molecular flexibility index (Phi) is 11.6. The maximum absolute atomic E-state index is 13.4. The lowest BCUT2D eigenvalue weighted by molar-refractivity contribution is 0.0697. The van der Waals surface area contributed by atoms with Crippen molar-refractivity contribution >= 4 is 70.4 Å². The second kappa shape index (κ2) is 16.1. The number of nitrogens with zero attached hydrogens (tertiary/aromatic N) is 1. The normalized spacial score (nSPS) is 11.8. The van der Waals surface area contributed by atoms with Crippen molar-refractivity contribution in [3.05, 3.63) is 174 Å². The zero-order valence-electron chi connectivity index (χ0n) is 27.0. The summed E-state index contributed by atoms with van der Waals surface area (Å²) in [5.41, 5.74) is 7.36. The zero-order valence-corrected chi connectivity index (χ0v) is 31.8. The first-order valence-electron chi connectivity index (χ1n) is 16.2. The van der Waals surface area contributed by atoms with E-state index in [4.69, 9.17) is 11.6 Å². The Morgan fingerprint density at radius 2 is 1.38 bits per heavy atom. The first-order valence-corrected chi connectivity index (χ1v) is 19.9. The second-order valence-corrected chi connectivity index (χ2v) is 16.1. The standard InChI is InChI=1S/C40H35Br2ClN2O4S/c41-35-15-8-16-36(42)34(35)26-50(48,49)44-24-23-38-32(14-7-9-27-17-19-30(20-18-27)40(46)47)33-25-31(43)21-22-37(33)45(38)39(28-10-3-1-4-11-28)29-12-5-2-6-13-29/h1-6,8,10-13,15-22,25,39,44H,7,9,14,23-24,26H2,(H,46,47). The smallest absolute Gasteiger partial charge is 0.335 e. The maximum atomic E-state index is 13.4. The number of carboxylic acid groups (broad SMARTS) is 1. The van der Waals surface area contributed by atoms with Gasteiger partial charge in [-0.05, 0) is 89.5 Å². The van der Waals surface area contributed by atoms with Crippen molar-refractivity contribution in [3.63, 3.8) is 0 Å². The molecule has 0 bridgehead atoms. The molecule has 0 saturated heterocycles. The summed E-state index contributed by atoms with van der Waals surface area (Å²) in [6, 6.07) is 39.0. The summed E-state index contributed by atoms with van der Waals surface area (Å²) in [6.45, 7) is 0.203. The van der Waals surface area contributed by atoms with Crippen molar-refractivity contribution < 1.29 is 18.3 Å². The van der Waals surface area contributed by atoms with Gasteiger partial charge in [0.1, 0.15) is 0 Å². The van der Waals surface area contributed by atoms with E-state index in [2.05, 4.69) is 71.5 Å². The van der Waals surface area contributed by atoms with E-state index in [1.807, 2.05) is 78.9 Å². The molecule has 50 heavy (non-hydrogen) atoms. The summed E-state index contributed by atoms with van der Waals surface area (Å²) in [6.07, 6.45) is 2.71. The van der Waals surface area contributed by atoms with E-state index in [-0.39, 0.29) is 23.9 Å². The first-order chi connectivity index (χ1) is 24.1. The van der Waals surface area contributed by atoms with Gasteiger partial charge in [-0.3, -0.25) is 0 Å². The highest BCUT2D eigenvalue weighted by Gasteiger charge is 2.26. The molecular formula is C40H35Br2ClN2O4S. The van der Waals surface area contributed by atoms with E-state index >= 15 is 0 Å². The molecule has 0 saturated carbocycles. The van der Waals surface area contributed by atoms with Gasteiger partial charge in [0.05, 0.1) is 17.4 Å². The molecule has 0 spiro atoms. The highest BCUT2D eigenvalue weighted by Crippen LogP contribution is 2.38. The van der Waals surface area contributed by atoms with Crippen LogP contribution in [0.25, 0.3) is 10.9 Å². The van der Waals surface area contributed by atoms with Crippen LogP contribution in [0, 0.1) is 0 Å². The van der Waals surface area contributed by atoms with Gasteiger partial charge >= 0.3 is 5.97 Å². The first kappa shape index (κ1) is 36.1. The Morgan fingerprint density at radius 3 is 1.98 bits per heavy atom. The molecule has 6 rings (SSSR count). The Balaban J connectivity index is 1.41. The van der Waals surface area contributed by atoms with E-state index in [1.54, 1.807) is 12.1 Å². The second-order valence-electron chi connectivity index (χ2n) is 12.1. The van der Waals surface area contributed by atoms with Gasteiger partial charge < -0.3 is 9.67 Å². The SMILES string of the molecule is O=C(O)c1ccc(CCCc2c(CCNS(=O)(=O)Cc3c(Br)cccc3Br)n(C(c3ccccc3)c3ccccc3)c3ccc(Cl)cc23)cc1. The lowest BCUT2D eigenvalue weighted by atomic mass is 9.97. The molecule has 6 nitrogen and oxygen atoms in total. The number of fused-ring (bicyclic) bond motifs is 1. The summed E-state index contributed by atoms with van der Waals surface area (Å²) < 4.78 is 33.6. The van der Waals surface area contributed by atoms with E-state index in [9.17, 15) is 18.3 Å². The molecule has 2 N–H and O–H groups in total. The Bertz CT molecular complexity index is 2170. The van der Waals surface area contributed by atoms with Crippen LogP contribution in [-0.2, 0) is 35.0 Å². The number of halogens is 3. The summed E-state index contributed by atoms with van der Waals surface area (Å²) in [4.78, 5) is 11.4. The number of hydrogen-bond donors (Lipinski definition) is 2. The van der Waals surface area contributed by atoms with Gasteiger partial charge in [-0.2, -0.15) is 0 Å². The number of aromatic carboxylic acids is 1. The number of aryl methyl sites for hydroxylation is 2. The van der Waals surface area contributed by atoms with Crippen LogP contribution in [0.15, 0.2) is 130 Å². The van der Waals surface area contributed by atoms with Crippen molar-refractivity contribution in [3.8, 4) is 0 Å². The molecule has 6 aromatic rings. The Morgan fingerprint density at radius 1 is 0.760 bits per heavy atom. The minimum absolute atomic E-state index is 0.169. The van der Waals surface area contributed by atoms with Crippen LogP contribution in [0.4, 0.5) is 0 Å². The molecule has 0 unspecified atom stereocenters. The molecule has 10 heteroatoms. The lowest BCUT2D eigenvalue weighted by Gasteiger charge is -2.25. The van der Waals surface area contributed by atoms with Crippen molar-refractivity contribution in [2.24, 2.45) is 0 Å². The molecular weight excluding hydrogens is 800 g/mol. The molecule has 0 aliphatic rings. The quantitative estimate of drug-likeness (QED) is 0.114. The lowest BCUT2D eigenvalue weighted by Crippen LogP contribution is -2.28. The third-order valence-electron chi connectivity index (χ3n) is 8.84. The Hall–Kier alpha value is -3.73. The largest absolute Gasteiger partial charge is 0.478 e. The highest BCUT2D eigenvalue weighted by molar-refractivity contribution is 9.11. The van der Waals surface area contributed by atoms with E-state index < -0.39 is 16.0 Å². The molecule has 0 aliphatic heterocycles. The fourth-order valence-corrected chi connectivity index (χ4v) is 9.56. The van der Waals surface area contributed by atoms with Crippen molar-refractivity contribution in [1.29, 1.82) is 0 Å². The van der Waals surface area contributed by atoms with Crippen LogP contribution < -0.4 is 4.72 Å². The average Bonchev–Trinajstić information content (AvgIpc) is 3.39. The van der Waals surface area contributed by atoms with Crippen molar-refractivity contribution in [2.45, 2.75) is 37.5 Å². The van der Waals surface area contributed by atoms with Crippen LogP contribution in [0.1, 0.15) is 56.3 Å². The van der Waals surface area contributed by atoms with Crippen LogP contribution in [0.3, 0.4) is 0 Å². The molecule has 5 aromatic carbocycles. The molecule has 0 aliphatic carbocycles. The van der Waals surface area contributed by atoms with Crippen LogP contribution in [-0.4, -0.2) is 30.6 Å². The van der Waals surface area contributed by atoms with Crippen LogP contribution in [0.2, 0.25) is 5.02 Å². The van der Waals surface area contributed by atoms with E-state index in [0.29, 0.717) is 23.4 Å². The summed E-state index contributed by atoms with van der Waals surface area (Å²) >= 11 is 13.6. The fourth-order valence-electron chi connectivity index (χ4n) is 6.53. The van der Waals surface area contributed by atoms with Crippen LogP contribution in [0.5, 0.6) is 0 Å². The third kappa shape index (κ3) is 8.41. The number of carboxylic acids is 1. The van der Waals surface area contributed by atoms with Gasteiger partial charge in [0.25, 0.3) is 0 Å². The van der Waals surface area contributed by atoms with Gasteiger partial charge in [0.15, 0.2) is 0 Å². The minimum Gasteiger partial charge on any atom is -0.478 e. The number of hydrogen-bond acceptors (Lipinski definition) is 3. The van der Waals surface area contributed by atoms with E-state index in [0.717, 1.165) is 60.6 Å². The summed E-state index contributed by atoms with van der Waals surface area (Å²) in [7, 11) is -3.68. The molecule has 256 valence electrons. The van der Waals surface area contributed by atoms with Crippen molar-refractivity contribution in [2.75, 3.05) is 6.54 Å². The fraction of sp³-hybridized carbons (Fsp3) is 0.175. The zero-order chi connectivity index (χ0) is 35.3. The maximum Gasteiger partial charge on any atom is 0.335 e. The molecule has 1 aromatic heterocycles. The number of benzene rings is 5. The van der Waals surface area contributed by atoms with Gasteiger partial charge in [-0.15, -0.1) is 0 Å². The molecule has 0 fully saturated rings. The van der Waals surface area contributed by atoms with Gasteiger partial charge in [0.2, 0.25) is 10.0 Å². The Labute approximate surface area is 314 Å². The number of nitrogens with one attached hydrogen (secondary N) is 1. The van der Waals surface area contributed by atoms with Crippen LogP contribution >= 0.6 is 43.5 Å². The monoisotopic (exact) mass is 832 g/mol. The molecule has 0 atom stereocenters. The van der Waals surface area contributed by atoms with Gasteiger partial charge in [-0.25, -0.2) is 17.9 Å². The minimum atomic E-state index is -3.68. The van der Waals surface area contributed by atoms with E-state index in [1.165, 1.54) is 0 Å².